The first-order chi connectivity index (χ1) is 9.36. The van der Waals surface area contributed by atoms with Crippen molar-refractivity contribution >= 4 is 6.08 Å². The van der Waals surface area contributed by atoms with Crippen LogP contribution < -0.4 is 5.73 Å². The average Bonchev–Trinajstić information content (AvgIpc) is 3.31. The van der Waals surface area contributed by atoms with Crippen molar-refractivity contribution in [1.29, 1.82) is 0 Å². The van der Waals surface area contributed by atoms with Crippen molar-refractivity contribution in [2.45, 2.75) is 50.9 Å². The predicted molar refractivity (Wildman–Crippen MR) is 82.0 cm³/mol. The molecule has 1 nitrogen and oxygen atoms in total. The fourth-order valence-corrected chi connectivity index (χ4v) is 3.31. The summed E-state index contributed by atoms with van der Waals surface area (Å²) >= 11 is 0. The molecule has 2 aliphatic carbocycles. The molecule has 2 fully saturated rings. The predicted octanol–water partition coefficient (Wildman–Crippen LogP) is 4.49. The van der Waals surface area contributed by atoms with E-state index < -0.39 is 0 Å². The standard InChI is InChI=1S/C18H25N/c19-13-18(15-4-2-1-3-5-15)12-14-6-8-16(9-7-14)17-10-11-17/h6-9,12,15,17H,1-5,10-11,13,19H2. The molecule has 19 heavy (non-hydrogen) atoms. The summed E-state index contributed by atoms with van der Waals surface area (Å²) < 4.78 is 0. The number of hydrogen-bond acceptors (Lipinski definition) is 1. The molecule has 1 aromatic carbocycles. The van der Waals surface area contributed by atoms with Gasteiger partial charge in [0.2, 0.25) is 0 Å². The van der Waals surface area contributed by atoms with E-state index in [1.807, 2.05) is 0 Å². The molecule has 0 spiro atoms. The molecule has 2 N–H and O–H groups in total. The summed E-state index contributed by atoms with van der Waals surface area (Å²) in [6, 6.07) is 9.15. The van der Waals surface area contributed by atoms with Crippen LogP contribution >= 0.6 is 0 Å². The highest BCUT2D eigenvalue weighted by atomic mass is 14.5. The maximum Gasteiger partial charge on any atom is 0.0142 e. The molecule has 0 unspecified atom stereocenters. The normalized spacial score (nSPS) is 21.6. The van der Waals surface area contributed by atoms with Crippen LogP contribution in [0.2, 0.25) is 0 Å². The van der Waals surface area contributed by atoms with Gasteiger partial charge in [0, 0.05) is 6.54 Å². The Bertz CT molecular complexity index is 433. The Labute approximate surface area is 116 Å². The average molecular weight is 255 g/mol. The van der Waals surface area contributed by atoms with Crippen molar-refractivity contribution in [3.8, 4) is 0 Å². The minimum Gasteiger partial charge on any atom is -0.327 e. The Kier molecular flexibility index (Phi) is 4.03. The molecule has 102 valence electrons. The summed E-state index contributed by atoms with van der Waals surface area (Å²) in [6.07, 6.45) is 11.9. The minimum absolute atomic E-state index is 0.717. The van der Waals surface area contributed by atoms with Crippen LogP contribution in [0.3, 0.4) is 0 Å². The highest BCUT2D eigenvalue weighted by molar-refractivity contribution is 5.54. The van der Waals surface area contributed by atoms with Crippen LogP contribution in [0, 0.1) is 5.92 Å². The smallest absolute Gasteiger partial charge is 0.0142 e. The number of benzene rings is 1. The first-order valence-corrected chi connectivity index (χ1v) is 7.87. The maximum absolute atomic E-state index is 5.97. The van der Waals surface area contributed by atoms with Gasteiger partial charge in [-0.1, -0.05) is 55.2 Å². The summed E-state index contributed by atoms with van der Waals surface area (Å²) in [7, 11) is 0. The summed E-state index contributed by atoms with van der Waals surface area (Å²) in [5, 5.41) is 0. The highest BCUT2D eigenvalue weighted by Crippen LogP contribution is 2.40. The first kappa shape index (κ1) is 12.9. The fourth-order valence-electron chi connectivity index (χ4n) is 3.31. The van der Waals surface area contributed by atoms with Gasteiger partial charge in [-0.25, -0.2) is 0 Å². The van der Waals surface area contributed by atoms with Crippen LogP contribution in [0.15, 0.2) is 29.8 Å². The second kappa shape index (κ2) is 5.92. The SMILES string of the molecule is NCC(=Cc1ccc(C2CC2)cc1)C1CCCCC1. The lowest BCUT2D eigenvalue weighted by atomic mass is 9.83. The molecule has 0 amide bonds. The van der Waals surface area contributed by atoms with Gasteiger partial charge in [0.15, 0.2) is 0 Å². The second-order valence-electron chi connectivity index (χ2n) is 6.20. The number of hydrogen-bond donors (Lipinski definition) is 1. The van der Waals surface area contributed by atoms with E-state index in [-0.39, 0.29) is 0 Å². The van der Waals surface area contributed by atoms with Crippen LogP contribution in [-0.4, -0.2) is 6.54 Å². The zero-order chi connectivity index (χ0) is 13.1. The number of nitrogens with two attached hydrogens (primary N) is 1. The third-order valence-corrected chi connectivity index (χ3v) is 4.70. The van der Waals surface area contributed by atoms with Crippen LogP contribution in [0.25, 0.3) is 6.08 Å². The molecule has 1 heteroatoms. The molecule has 0 radical (unpaired) electrons. The second-order valence-corrected chi connectivity index (χ2v) is 6.20. The van der Waals surface area contributed by atoms with Crippen LogP contribution in [0.1, 0.15) is 62.0 Å². The molecular weight excluding hydrogens is 230 g/mol. The Morgan fingerprint density at radius 3 is 2.26 bits per heavy atom. The zero-order valence-corrected chi connectivity index (χ0v) is 11.8. The summed E-state index contributed by atoms with van der Waals surface area (Å²) in [5.74, 6) is 1.59. The summed E-state index contributed by atoms with van der Waals surface area (Å²) in [5.41, 5.74) is 10.3. The molecule has 2 aliphatic rings. The Balaban J connectivity index is 1.73. The van der Waals surface area contributed by atoms with E-state index in [0.29, 0.717) is 0 Å². The van der Waals surface area contributed by atoms with Gasteiger partial charge in [-0.15, -0.1) is 0 Å². The van der Waals surface area contributed by atoms with Crippen LogP contribution in [0.4, 0.5) is 0 Å². The van der Waals surface area contributed by atoms with Gasteiger partial charge in [-0.05, 0) is 48.6 Å². The van der Waals surface area contributed by atoms with E-state index in [0.717, 1.165) is 18.4 Å². The van der Waals surface area contributed by atoms with Gasteiger partial charge in [0.05, 0.1) is 0 Å². The molecule has 0 atom stereocenters. The zero-order valence-electron chi connectivity index (χ0n) is 11.8. The van der Waals surface area contributed by atoms with Gasteiger partial charge < -0.3 is 5.73 Å². The van der Waals surface area contributed by atoms with Gasteiger partial charge in [-0.2, -0.15) is 0 Å². The quantitative estimate of drug-likeness (QED) is 0.843. The lowest BCUT2D eigenvalue weighted by molar-refractivity contribution is 0.401. The Morgan fingerprint density at radius 2 is 1.68 bits per heavy atom. The summed E-state index contributed by atoms with van der Waals surface area (Å²) in [6.45, 7) is 0.717. The van der Waals surface area contributed by atoms with Crippen molar-refractivity contribution in [3.63, 3.8) is 0 Å². The van der Waals surface area contributed by atoms with Crippen LogP contribution in [0.5, 0.6) is 0 Å². The highest BCUT2D eigenvalue weighted by Gasteiger charge is 2.23. The van der Waals surface area contributed by atoms with E-state index in [4.69, 9.17) is 5.73 Å². The van der Waals surface area contributed by atoms with Crippen molar-refractivity contribution in [2.24, 2.45) is 11.7 Å². The molecular formula is C18H25N. The molecule has 2 saturated carbocycles. The number of rotatable bonds is 4. The molecule has 0 aliphatic heterocycles. The molecule has 0 aromatic heterocycles. The summed E-state index contributed by atoms with van der Waals surface area (Å²) in [4.78, 5) is 0. The topological polar surface area (TPSA) is 26.0 Å². The van der Waals surface area contributed by atoms with Gasteiger partial charge in [0.25, 0.3) is 0 Å². The largest absolute Gasteiger partial charge is 0.327 e. The van der Waals surface area contributed by atoms with Gasteiger partial charge in [-0.3, -0.25) is 0 Å². The Morgan fingerprint density at radius 1 is 1.00 bits per heavy atom. The van der Waals surface area contributed by atoms with Crippen LogP contribution in [-0.2, 0) is 0 Å². The van der Waals surface area contributed by atoms with E-state index in [9.17, 15) is 0 Å². The van der Waals surface area contributed by atoms with E-state index >= 15 is 0 Å². The van der Waals surface area contributed by atoms with Gasteiger partial charge in [0.1, 0.15) is 0 Å². The maximum atomic E-state index is 5.97. The lowest BCUT2D eigenvalue weighted by Crippen LogP contribution is -2.16. The van der Waals surface area contributed by atoms with Crippen molar-refractivity contribution in [3.05, 3.63) is 41.0 Å². The monoisotopic (exact) mass is 255 g/mol. The molecule has 3 rings (SSSR count). The van der Waals surface area contributed by atoms with E-state index in [1.54, 1.807) is 0 Å². The lowest BCUT2D eigenvalue weighted by Gasteiger charge is -2.24. The molecule has 0 saturated heterocycles. The molecule has 1 aromatic rings. The first-order valence-electron chi connectivity index (χ1n) is 7.87. The third kappa shape index (κ3) is 3.27. The van der Waals surface area contributed by atoms with E-state index in [2.05, 4.69) is 30.3 Å². The minimum atomic E-state index is 0.717. The van der Waals surface area contributed by atoms with E-state index in [1.165, 1.54) is 61.6 Å². The van der Waals surface area contributed by atoms with Gasteiger partial charge >= 0.3 is 0 Å². The van der Waals surface area contributed by atoms with Crippen molar-refractivity contribution < 1.29 is 0 Å². The molecule has 0 bridgehead atoms. The fraction of sp³-hybridized carbons (Fsp3) is 0.556. The van der Waals surface area contributed by atoms with Crippen molar-refractivity contribution in [1.82, 2.24) is 0 Å². The molecule has 0 heterocycles. The van der Waals surface area contributed by atoms with Crippen molar-refractivity contribution in [2.75, 3.05) is 6.54 Å². The third-order valence-electron chi connectivity index (χ3n) is 4.70. The Hall–Kier alpha value is -1.08.